The SMILES string of the molecule is O=C(/C=C/c1ccccc1)c1cc(CN2CCOCC2)c(O)c(C[NH+]2CCOCC2)c1.[I-]. The standard InChI is InChI=1S/C25H30N2O4.HI/c28-24(7-6-20-4-2-1-3-5-20)21-16-22(18-26-8-12-30-13-9-26)25(29)23(17-21)19-27-10-14-31-15-11-27;/h1-7,16-17,29H,8-15,18-19H2;1H/b7-6+;. The van der Waals surface area contributed by atoms with E-state index >= 15 is 0 Å². The number of carbonyl (C=O) groups excluding carboxylic acids is 1. The molecule has 2 fully saturated rings. The van der Waals surface area contributed by atoms with Gasteiger partial charge < -0.3 is 43.5 Å². The Kier molecular flexibility index (Phi) is 9.68. The van der Waals surface area contributed by atoms with Crippen molar-refractivity contribution in [2.24, 2.45) is 0 Å². The number of phenols is 1. The minimum Gasteiger partial charge on any atom is -1.00 e. The van der Waals surface area contributed by atoms with E-state index in [0.717, 1.165) is 56.1 Å². The number of allylic oxidation sites excluding steroid dienone is 1. The Hall–Kier alpha value is -1.78. The van der Waals surface area contributed by atoms with Crippen molar-refractivity contribution >= 4 is 11.9 Å². The molecule has 2 aromatic rings. The zero-order chi connectivity index (χ0) is 21.5. The number of quaternary nitrogens is 1. The highest BCUT2D eigenvalue weighted by molar-refractivity contribution is 6.07. The first-order valence-electron chi connectivity index (χ1n) is 11.0. The van der Waals surface area contributed by atoms with Crippen LogP contribution in [0.15, 0.2) is 48.5 Å². The summed E-state index contributed by atoms with van der Waals surface area (Å²) in [5, 5.41) is 11.0. The summed E-state index contributed by atoms with van der Waals surface area (Å²) in [6.07, 6.45) is 3.45. The number of ether oxygens (including phenoxy) is 2. The number of hydrogen-bond acceptors (Lipinski definition) is 5. The predicted molar refractivity (Wildman–Crippen MR) is 119 cm³/mol. The number of nitrogens with one attached hydrogen (secondary N) is 1. The van der Waals surface area contributed by atoms with Crippen LogP contribution in [0.3, 0.4) is 0 Å². The molecule has 32 heavy (non-hydrogen) atoms. The molecule has 0 aliphatic carbocycles. The summed E-state index contributed by atoms with van der Waals surface area (Å²) in [5.74, 6) is 0.263. The van der Waals surface area contributed by atoms with Crippen molar-refractivity contribution in [3.63, 3.8) is 0 Å². The Balaban J connectivity index is 0.00000289. The van der Waals surface area contributed by atoms with Crippen molar-refractivity contribution in [2.45, 2.75) is 13.1 Å². The fourth-order valence-corrected chi connectivity index (χ4v) is 4.10. The third kappa shape index (κ3) is 6.86. The molecule has 2 aliphatic heterocycles. The molecule has 2 aromatic carbocycles. The van der Waals surface area contributed by atoms with E-state index in [0.29, 0.717) is 37.6 Å². The molecule has 0 unspecified atom stereocenters. The lowest BCUT2D eigenvalue weighted by molar-refractivity contribution is -0.921. The van der Waals surface area contributed by atoms with Gasteiger partial charge in [-0.15, -0.1) is 0 Å². The Labute approximate surface area is 206 Å². The highest BCUT2D eigenvalue weighted by Crippen LogP contribution is 2.27. The second kappa shape index (κ2) is 12.5. The molecular weight excluding hydrogens is 519 g/mol. The number of morpholine rings is 2. The zero-order valence-electron chi connectivity index (χ0n) is 18.3. The molecule has 6 nitrogen and oxygen atoms in total. The number of nitrogens with zero attached hydrogens (tertiary/aromatic N) is 1. The van der Waals surface area contributed by atoms with Crippen LogP contribution in [-0.2, 0) is 22.6 Å². The Morgan fingerprint density at radius 2 is 1.66 bits per heavy atom. The monoisotopic (exact) mass is 550 g/mol. The smallest absolute Gasteiger partial charge is 0.185 e. The van der Waals surface area contributed by atoms with Gasteiger partial charge >= 0.3 is 0 Å². The molecule has 2 N–H and O–H groups in total. The minimum absolute atomic E-state index is 0. The summed E-state index contributed by atoms with van der Waals surface area (Å²) in [6, 6.07) is 13.5. The molecule has 0 saturated carbocycles. The van der Waals surface area contributed by atoms with E-state index < -0.39 is 0 Å². The summed E-state index contributed by atoms with van der Waals surface area (Å²) in [7, 11) is 0. The maximum Gasteiger partial charge on any atom is 0.185 e. The van der Waals surface area contributed by atoms with Crippen molar-refractivity contribution in [3.05, 3.63) is 70.8 Å². The van der Waals surface area contributed by atoms with Crippen molar-refractivity contribution < 1.29 is 48.3 Å². The van der Waals surface area contributed by atoms with Crippen LogP contribution in [0.25, 0.3) is 6.08 Å². The lowest BCUT2D eigenvalue weighted by atomic mass is 9.99. The predicted octanol–water partition coefficient (Wildman–Crippen LogP) is -1.46. The van der Waals surface area contributed by atoms with Gasteiger partial charge in [0.05, 0.1) is 26.4 Å². The fraction of sp³-hybridized carbons (Fsp3) is 0.400. The minimum atomic E-state index is -0.0506. The van der Waals surface area contributed by atoms with Gasteiger partial charge in [-0.2, -0.15) is 0 Å². The van der Waals surface area contributed by atoms with Gasteiger partial charge in [-0.1, -0.05) is 36.4 Å². The highest BCUT2D eigenvalue weighted by atomic mass is 127. The summed E-state index contributed by atoms with van der Waals surface area (Å²) < 4.78 is 10.9. The molecule has 172 valence electrons. The van der Waals surface area contributed by atoms with Crippen LogP contribution in [0.4, 0.5) is 0 Å². The van der Waals surface area contributed by atoms with Crippen molar-refractivity contribution in [1.82, 2.24) is 4.90 Å². The van der Waals surface area contributed by atoms with Gasteiger partial charge in [0.15, 0.2) is 5.78 Å². The van der Waals surface area contributed by atoms with Gasteiger partial charge in [0.1, 0.15) is 25.4 Å². The Morgan fingerprint density at radius 3 is 2.38 bits per heavy atom. The second-order valence-corrected chi connectivity index (χ2v) is 8.18. The van der Waals surface area contributed by atoms with Crippen LogP contribution < -0.4 is 28.9 Å². The van der Waals surface area contributed by atoms with Crippen LogP contribution in [0.1, 0.15) is 27.0 Å². The largest absolute Gasteiger partial charge is 1.00 e. The van der Waals surface area contributed by atoms with Crippen LogP contribution in [0.5, 0.6) is 5.75 Å². The fourth-order valence-electron chi connectivity index (χ4n) is 4.10. The lowest BCUT2D eigenvalue weighted by Crippen LogP contribution is -3.12. The Morgan fingerprint density at radius 1 is 1.00 bits per heavy atom. The van der Waals surface area contributed by atoms with Crippen molar-refractivity contribution in [2.75, 3.05) is 52.6 Å². The molecule has 2 saturated heterocycles. The highest BCUT2D eigenvalue weighted by Gasteiger charge is 2.21. The van der Waals surface area contributed by atoms with Gasteiger partial charge in [-0.3, -0.25) is 9.69 Å². The summed E-state index contributed by atoms with van der Waals surface area (Å²) in [4.78, 5) is 16.6. The number of rotatable bonds is 7. The first-order chi connectivity index (χ1) is 15.2. The normalized spacial score (nSPS) is 17.9. The second-order valence-electron chi connectivity index (χ2n) is 8.18. The molecule has 0 bridgehead atoms. The summed E-state index contributed by atoms with van der Waals surface area (Å²) in [5.41, 5.74) is 3.25. The van der Waals surface area contributed by atoms with Crippen LogP contribution in [-0.4, -0.2) is 68.4 Å². The lowest BCUT2D eigenvalue weighted by Gasteiger charge is -2.28. The van der Waals surface area contributed by atoms with Gasteiger partial charge in [0, 0.05) is 36.3 Å². The molecule has 7 heteroatoms. The first-order valence-corrected chi connectivity index (χ1v) is 11.0. The molecule has 2 heterocycles. The van der Waals surface area contributed by atoms with Crippen LogP contribution in [0.2, 0.25) is 0 Å². The van der Waals surface area contributed by atoms with Gasteiger partial charge in [0.25, 0.3) is 0 Å². The third-order valence-corrected chi connectivity index (χ3v) is 5.92. The van der Waals surface area contributed by atoms with E-state index in [1.165, 1.54) is 4.90 Å². The van der Waals surface area contributed by atoms with Gasteiger partial charge in [-0.25, -0.2) is 0 Å². The quantitative estimate of drug-likeness (QED) is 0.251. The Bertz CT molecular complexity index is 866. The van der Waals surface area contributed by atoms with E-state index in [9.17, 15) is 9.90 Å². The van der Waals surface area contributed by atoms with E-state index in [2.05, 4.69) is 4.90 Å². The van der Waals surface area contributed by atoms with E-state index in [1.54, 1.807) is 6.08 Å². The van der Waals surface area contributed by atoms with Gasteiger partial charge in [0.2, 0.25) is 0 Å². The van der Waals surface area contributed by atoms with Gasteiger partial charge in [-0.05, 0) is 23.8 Å². The number of aromatic hydroxyl groups is 1. The average Bonchev–Trinajstić information content (AvgIpc) is 2.82. The molecule has 0 aromatic heterocycles. The summed E-state index contributed by atoms with van der Waals surface area (Å²) in [6.45, 7) is 7.64. The van der Waals surface area contributed by atoms with Crippen LogP contribution >= 0.6 is 0 Å². The third-order valence-electron chi connectivity index (χ3n) is 5.92. The molecule has 4 rings (SSSR count). The maximum absolute atomic E-state index is 13.0. The number of halogens is 1. The van der Waals surface area contributed by atoms with E-state index in [4.69, 9.17) is 9.47 Å². The van der Waals surface area contributed by atoms with E-state index in [-0.39, 0.29) is 29.8 Å². The number of benzene rings is 2. The molecule has 0 atom stereocenters. The molecular formula is C25H31IN2O4. The summed E-state index contributed by atoms with van der Waals surface area (Å²) >= 11 is 0. The number of carbonyl (C=O) groups is 1. The molecule has 0 amide bonds. The average molecular weight is 550 g/mol. The number of ketones is 1. The zero-order valence-corrected chi connectivity index (χ0v) is 20.4. The van der Waals surface area contributed by atoms with Crippen molar-refractivity contribution in [1.29, 1.82) is 0 Å². The molecule has 0 spiro atoms. The van der Waals surface area contributed by atoms with E-state index in [1.807, 2.05) is 48.5 Å². The topological polar surface area (TPSA) is 63.4 Å². The number of phenolic OH excluding ortho intramolecular Hbond substituents is 1. The number of hydrogen-bond donors (Lipinski definition) is 2. The van der Waals surface area contributed by atoms with Crippen molar-refractivity contribution in [3.8, 4) is 5.75 Å². The first kappa shape index (κ1) is 24.9. The molecule has 0 radical (unpaired) electrons. The maximum atomic E-state index is 13.0. The van der Waals surface area contributed by atoms with Crippen LogP contribution in [0, 0.1) is 0 Å². The molecule has 2 aliphatic rings.